The number of furan rings is 1. The SMILES string of the molecule is CO/N=C(/C(=O)CCl)C(=O)NC1C(=O)N2C(C(=O)O)=C(CSC(=O)c3ccco3)CSC12. The number of nitrogens with one attached hydrogen (secondary N) is 1. The number of carboxylic acid groups (broad SMARTS) is 1. The van der Waals surface area contributed by atoms with E-state index >= 15 is 0 Å². The van der Waals surface area contributed by atoms with Crippen LogP contribution < -0.4 is 5.32 Å². The molecule has 0 aliphatic carbocycles. The average molecular weight is 502 g/mol. The molecule has 2 aliphatic rings. The van der Waals surface area contributed by atoms with Gasteiger partial charge in [0, 0.05) is 11.5 Å². The quantitative estimate of drug-likeness (QED) is 0.162. The summed E-state index contributed by atoms with van der Waals surface area (Å²) in [6, 6.07) is 1.99. The summed E-state index contributed by atoms with van der Waals surface area (Å²) in [6.07, 6.45) is 1.35. The van der Waals surface area contributed by atoms with Gasteiger partial charge in [0.2, 0.25) is 11.5 Å². The van der Waals surface area contributed by atoms with Crippen molar-refractivity contribution in [1.82, 2.24) is 10.2 Å². The fourth-order valence-corrected chi connectivity index (χ4v) is 5.40. The molecular weight excluding hydrogens is 486 g/mol. The fourth-order valence-electron chi connectivity index (χ4n) is 3.00. The van der Waals surface area contributed by atoms with E-state index in [0.29, 0.717) is 5.57 Å². The maximum absolute atomic E-state index is 12.7. The van der Waals surface area contributed by atoms with Gasteiger partial charge in [-0.25, -0.2) is 4.79 Å². The number of Topliss-reactive ketones (excluding diaryl/α,β-unsaturated/α-hetero) is 1. The minimum atomic E-state index is -1.33. The molecule has 1 fully saturated rings. The first-order valence-corrected chi connectivity index (χ1v) is 11.5. The largest absolute Gasteiger partial charge is 0.477 e. The Kier molecular flexibility index (Phi) is 7.64. The monoisotopic (exact) mass is 501 g/mol. The zero-order valence-corrected chi connectivity index (χ0v) is 18.8. The smallest absolute Gasteiger partial charge is 0.352 e. The average Bonchev–Trinajstić information content (AvgIpc) is 3.33. The molecule has 2 unspecified atom stereocenters. The van der Waals surface area contributed by atoms with Gasteiger partial charge in [-0.2, -0.15) is 0 Å². The Balaban J connectivity index is 1.73. The Bertz CT molecular complexity index is 1020. The predicted molar refractivity (Wildman–Crippen MR) is 115 cm³/mol. The molecule has 0 saturated carbocycles. The molecule has 2 N–H and O–H groups in total. The van der Waals surface area contributed by atoms with E-state index in [4.69, 9.17) is 16.0 Å². The summed E-state index contributed by atoms with van der Waals surface area (Å²) in [5.41, 5.74) is -0.440. The lowest BCUT2D eigenvalue weighted by Gasteiger charge is -2.49. The molecule has 1 aromatic rings. The lowest BCUT2D eigenvalue weighted by atomic mass is 10.0. The molecule has 1 saturated heterocycles. The third-order valence-corrected chi connectivity index (χ3v) is 6.96. The van der Waals surface area contributed by atoms with Gasteiger partial charge in [-0.1, -0.05) is 16.9 Å². The van der Waals surface area contributed by atoms with Crippen LogP contribution in [0, 0.1) is 0 Å². The van der Waals surface area contributed by atoms with Crippen molar-refractivity contribution in [2.75, 3.05) is 24.5 Å². The first-order valence-electron chi connectivity index (χ1n) is 8.92. The van der Waals surface area contributed by atoms with Crippen molar-refractivity contribution in [3.63, 3.8) is 0 Å². The van der Waals surface area contributed by atoms with Crippen molar-refractivity contribution in [2.45, 2.75) is 11.4 Å². The Morgan fingerprint density at radius 1 is 1.44 bits per heavy atom. The summed E-state index contributed by atoms with van der Waals surface area (Å²) in [5, 5.41) is 14.3. The minimum Gasteiger partial charge on any atom is -0.477 e. The Labute approximate surface area is 194 Å². The molecule has 0 aromatic carbocycles. The van der Waals surface area contributed by atoms with Gasteiger partial charge in [-0.15, -0.1) is 23.4 Å². The first kappa shape index (κ1) is 23.9. The van der Waals surface area contributed by atoms with Crippen molar-refractivity contribution < 1.29 is 38.3 Å². The predicted octanol–water partition coefficient (Wildman–Crippen LogP) is 0.702. The third-order valence-electron chi connectivity index (χ3n) is 4.42. The van der Waals surface area contributed by atoms with Crippen LogP contribution in [0.15, 0.2) is 39.2 Å². The maximum Gasteiger partial charge on any atom is 0.352 e. The van der Waals surface area contributed by atoms with Crippen LogP contribution in [0.3, 0.4) is 0 Å². The number of thioether (sulfide) groups is 2. The number of carbonyl (C=O) groups is 5. The zero-order valence-electron chi connectivity index (χ0n) is 16.4. The highest BCUT2D eigenvalue weighted by Crippen LogP contribution is 2.41. The van der Waals surface area contributed by atoms with Gasteiger partial charge in [-0.05, 0) is 17.7 Å². The molecule has 3 heterocycles. The standard InChI is InChI=1S/C18H16ClN3O8S2/c1-29-21-11(9(23)5-19)14(24)20-12-15(25)22-13(17(26)27)8(6-31-16(12)22)7-32-18(28)10-3-2-4-30-10/h2-4,12,16H,5-7H2,1H3,(H,20,24)(H,26,27)/b21-11-. The summed E-state index contributed by atoms with van der Waals surface area (Å²) in [4.78, 5) is 66.3. The highest BCUT2D eigenvalue weighted by atomic mass is 35.5. The van der Waals surface area contributed by atoms with Gasteiger partial charge in [0.05, 0.1) is 12.1 Å². The number of nitrogens with zero attached hydrogens (tertiary/aromatic N) is 2. The van der Waals surface area contributed by atoms with E-state index in [1.807, 2.05) is 0 Å². The molecule has 2 aliphatic heterocycles. The first-order chi connectivity index (χ1) is 15.3. The lowest BCUT2D eigenvalue weighted by Crippen LogP contribution is -2.71. The summed E-state index contributed by atoms with van der Waals surface area (Å²) >= 11 is 7.54. The van der Waals surface area contributed by atoms with Crippen molar-refractivity contribution in [2.24, 2.45) is 5.16 Å². The number of halogens is 1. The summed E-state index contributed by atoms with van der Waals surface area (Å²) < 4.78 is 5.02. The molecule has 0 radical (unpaired) electrons. The van der Waals surface area contributed by atoms with E-state index in [-0.39, 0.29) is 28.1 Å². The van der Waals surface area contributed by atoms with Crippen molar-refractivity contribution in [3.8, 4) is 0 Å². The second-order valence-corrected chi connectivity index (χ2v) is 8.67. The summed E-state index contributed by atoms with van der Waals surface area (Å²) in [5.74, 6) is -3.84. The van der Waals surface area contributed by atoms with E-state index in [2.05, 4.69) is 15.3 Å². The number of ketones is 1. The van der Waals surface area contributed by atoms with Crippen LogP contribution in [0.2, 0.25) is 0 Å². The van der Waals surface area contributed by atoms with Gasteiger partial charge in [-0.3, -0.25) is 24.1 Å². The molecule has 32 heavy (non-hydrogen) atoms. The molecule has 1 aromatic heterocycles. The zero-order chi connectivity index (χ0) is 23.4. The van der Waals surface area contributed by atoms with Crippen LogP contribution in [0.5, 0.6) is 0 Å². The van der Waals surface area contributed by atoms with E-state index < -0.39 is 46.6 Å². The van der Waals surface area contributed by atoms with E-state index in [1.165, 1.54) is 24.1 Å². The number of rotatable bonds is 9. The Morgan fingerprint density at radius 2 is 2.19 bits per heavy atom. The normalized spacial score (nSPS) is 20.4. The van der Waals surface area contributed by atoms with Crippen molar-refractivity contribution in [1.29, 1.82) is 0 Å². The number of aliphatic carboxylic acids is 1. The van der Waals surface area contributed by atoms with Gasteiger partial charge >= 0.3 is 5.97 Å². The molecule has 0 bridgehead atoms. The number of hydrogen-bond acceptors (Lipinski definition) is 10. The van der Waals surface area contributed by atoms with E-state index in [9.17, 15) is 29.1 Å². The topological polar surface area (TPSA) is 156 Å². The van der Waals surface area contributed by atoms with E-state index in [0.717, 1.165) is 23.8 Å². The summed E-state index contributed by atoms with van der Waals surface area (Å²) in [6.45, 7) is 0. The van der Waals surface area contributed by atoms with Gasteiger partial charge in [0.25, 0.3) is 16.9 Å². The molecule has 11 nitrogen and oxygen atoms in total. The van der Waals surface area contributed by atoms with Gasteiger partial charge < -0.3 is 19.7 Å². The van der Waals surface area contributed by atoms with Crippen molar-refractivity contribution >= 4 is 69.5 Å². The molecule has 170 valence electrons. The second kappa shape index (κ2) is 10.2. The van der Waals surface area contributed by atoms with Crippen LogP contribution in [-0.2, 0) is 24.0 Å². The number of alkyl halides is 1. The fraction of sp³-hybridized carbons (Fsp3) is 0.333. The molecule has 14 heteroatoms. The van der Waals surface area contributed by atoms with Crippen LogP contribution in [0.4, 0.5) is 0 Å². The number of fused-ring (bicyclic) bond motifs is 1. The molecule has 2 amide bonds. The Hall–Kier alpha value is -2.77. The van der Waals surface area contributed by atoms with E-state index in [1.54, 1.807) is 6.07 Å². The van der Waals surface area contributed by atoms with Gasteiger partial charge in [0.1, 0.15) is 24.2 Å². The molecule has 3 rings (SSSR count). The number of oxime groups is 1. The third kappa shape index (κ3) is 4.69. The second-order valence-electron chi connectivity index (χ2n) is 6.35. The molecule has 0 spiro atoms. The number of amides is 2. The minimum absolute atomic E-state index is 0.0521. The Morgan fingerprint density at radius 3 is 2.78 bits per heavy atom. The van der Waals surface area contributed by atoms with Crippen LogP contribution >= 0.6 is 35.1 Å². The van der Waals surface area contributed by atoms with Crippen LogP contribution in [-0.4, -0.2) is 80.3 Å². The highest BCUT2D eigenvalue weighted by Gasteiger charge is 2.54. The maximum atomic E-state index is 12.7. The number of β-lactam (4-membered cyclic amide) rings is 1. The number of carbonyl (C=O) groups excluding carboxylic acids is 4. The number of carboxylic acids is 1. The highest BCUT2D eigenvalue weighted by molar-refractivity contribution is 8.14. The lowest BCUT2D eigenvalue weighted by molar-refractivity contribution is -0.150. The van der Waals surface area contributed by atoms with Crippen LogP contribution in [0.1, 0.15) is 10.6 Å². The van der Waals surface area contributed by atoms with Crippen molar-refractivity contribution in [3.05, 3.63) is 35.4 Å². The molecular formula is C18H16ClN3O8S2. The molecule has 2 atom stereocenters. The van der Waals surface area contributed by atoms with Crippen LogP contribution in [0.25, 0.3) is 0 Å². The number of hydrogen-bond donors (Lipinski definition) is 2. The summed E-state index contributed by atoms with van der Waals surface area (Å²) in [7, 11) is 1.14. The van der Waals surface area contributed by atoms with Gasteiger partial charge in [0.15, 0.2) is 5.76 Å².